The van der Waals surface area contributed by atoms with E-state index in [0.717, 1.165) is 38.9 Å². The Morgan fingerprint density at radius 1 is 1.32 bits per heavy atom. The first-order valence-electron chi connectivity index (χ1n) is 6.95. The van der Waals surface area contributed by atoms with E-state index in [1.165, 1.54) is 4.90 Å². The van der Waals surface area contributed by atoms with Crippen molar-refractivity contribution in [1.29, 1.82) is 0 Å². The standard InChI is InChI=1S/C15H23N2OS/c16-13(12-19-15-4-2-1-3-5-15)6-9-17-10-7-14(18)8-11-17/h1-5,12-14,18H,6-11,16H2/q+1/t13-/m1/s1. The Morgan fingerprint density at radius 3 is 2.68 bits per heavy atom. The minimum Gasteiger partial charge on any atom is -0.393 e. The molecular weight excluding hydrogens is 256 g/mol. The fourth-order valence-corrected chi connectivity index (χ4v) is 2.99. The van der Waals surface area contributed by atoms with Gasteiger partial charge in [0.15, 0.2) is 5.37 Å². The molecule has 104 valence electrons. The normalized spacial score (nSPS) is 19.9. The summed E-state index contributed by atoms with van der Waals surface area (Å²) in [7, 11) is 0. The lowest BCUT2D eigenvalue weighted by Crippen LogP contribution is -2.38. The molecule has 1 aromatic carbocycles. The third-order valence-corrected chi connectivity index (χ3v) is 4.49. The van der Waals surface area contributed by atoms with Gasteiger partial charge >= 0.3 is 0 Å². The minimum atomic E-state index is -0.0925. The van der Waals surface area contributed by atoms with Gasteiger partial charge in [-0.2, -0.15) is 0 Å². The maximum absolute atomic E-state index is 9.45. The largest absolute Gasteiger partial charge is 0.393 e. The first-order valence-corrected chi connectivity index (χ1v) is 7.83. The molecule has 1 aromatic rings. The van der Waals surface area contributed by atoms with Gasteiger partial charge in [0.25, 0.3) is 0 Å². The van der Waals surface area contributed by atoms with E-state index in [2.05, 4.69) is 22.4 Å². The lowest BCUT2D eigenvalue weighted by Gasteiger charge is -2.29. The van der Waals surface area contributed by atoms with Crippen LogP contribution in [0, 0.1) is 0 Å². The molecule has 1 aliphatic rings. The molecule has 1 aliphatic heterocycles. The molecule has 0 amide bonds. The van der Waals surface area contributed by atoms with Crippen LogP contribution < -0.4 is 5.73 Å². The van der Waals surface area contributed by atoms with E-state index < -0.39 is 0 Å². The molecule has 0 spiro atoms. The van der Waals surface area contributed by atoms with Crippen LogP contribution in [0.5, 0.6) is 0 Å². The smallest absolute Gasteiger partial charge is 0.230 e. The number of nitrogens with zero attached hydrogens (tertiary/aromatic N) is 1. The van der Waals surface area contributed by atoms with Gasteiger partial charge in [0.2, 0.25) is 16.2 Å². The molecule has 0 unspecified atom stereocenters. The molecule has 4 heteroatoms. The highest BCUT2D eigenvalue weighted by atomic mass is 32.1. The fraction of sp³-hybridized carbons (Fsp3) is 0.533. The van der Waals surface area contributed by atoms with Gasteiger partial charge in [-0.25, -0.2) is 0 Å². The van der Waals surface area contributed by atoms with Crippen LogP contribution in [0.4, 0.5) is 0 Å². The van der Waals surface area contributed by atoms with Crippen LogP contribution in [0.3, 0.4) is 0 Å². The number of piperidine rings is 1. The van der Waals surface area contributed by atoms with Crippen LogP contribution in [0.25, 0.3) is 0 Å². The molecule has 19 heavy (non-hydrogen) atoms. The molecule has 3 N–H and O–H groups in total. The van der Waals surface area contributed by atoms with E-state index in [0.29, 0.717) is 0 Å². The van der Waals surface area contributed by atoms with Gasteiger partial charge in [-0.15, -0.1) is 0 Å². The van der Waals surface area contributed by atoms with E-state index in [1.54, 1.807) is 11.4 Å². The summed E-state index contributed by atoms with van der Waals surface area (Å²) in [6, 6.07) is 10.4. The quantitative estimate of drug-likeness (QED) is 0.627. The van der Waals surface area contributed by atoms with Crippen LogP contribution in [0.2, 0.25) is 0 Å². The Labute approximate surface area is 119 Å². The third kappa shape index (κ3) is 5.37. The number of hydrogen-bond donors (Lipinski definition) is 2. The number of nitrogens with two attached hydrogens (primary N) is 1. The third-order valence-electron chi connectivity index (χ3n) is 3.46. The molecule has 1 atom stereocenters. The second-order valence-corrected chi connectivity index (χ2v) is 6.07. The van der Waals surface area contributed by atoms with Gasteiger partial charge in [-0.05, 0) is 19.3 Å². The van der Waals surface area contributed by atoms with Gasteiger partial charge in [0, 0.05) is 31.8 Å². The topological polar surface area (TPSA) is 49.5 Å². The van der Waals surface area contributed by atoms with E-state index in [-0.39, 0.29) is 12.1 Å². The maximum Gasteiger partial charge on any atom is 0.230 e. The summed E-state index contributed by atoms with van der Waals surface area (Å²) in [5.41, 5.74) is 6.11. The summed E-state index contributed by atoms with van der Waals surface area (Å²) in [5, 5.41) is 11.6. The molecule has 2 rings (SSSR count). The van der Waals surface area contributed by atoms with Gasteiger partial charge in [0.05, 0.1) is 12.1 Å². The van der Waals surface area contributed by atoms with Crippen LogP contribution in [-0.4, -0.2) is 47.2 Å². The Morgan fingerprint density at radius 2 is 2.00 bits per heavy atom. The number of aliphatic hydroxyl groups is 1. The Balaban J connectivity index is 1.70. The molecule has 1 fully saturated rings. The van der Waals surface area contributed by atoms with Crippen molar-refractivity contribution in [1.82, 2.24) is 4.90 Å². The lowest BCUT2D eigenvalue weighted by atomic mass is 10.1. The summed E-state index contributed by atoms with van der Waals surface area (Å²) in [4.78, 5) is 3.63. The Kier molecular flexibility index (Phi) is 5.92. The molecule has 0 bridgehead atoms. The lowest BCUT2D eigenvalue weighted by molar-refractivity contribution is 0.0820. The average molecular weight is 279 g/mol. The summed E-state index contributed by atoms with van der Waals surface area (Å²) >= 11 is 1.71. The molecule has 0 radical (unpaired) electrons. The predicted molar refractivity (Wildman–Crippen MR) is 82.4 cm³/mol. The second kappa shape index (κ2) is 7.70. The van der Waals surface area contributed by atoms with Gasteiger partial charge < -0.3 is 15.7 Å². The maximum atomic E-state index is 9.45. The van der Waals surface area contributed by atoms with Crippen molar-refractivity contribution >= 4 is 16.7 Å². The highest BCUT2D eigenvalue weighted by Gasteiger charge is 2.17. The monoisotopic (exact) mass is 279 g/mol. The highest BCUT2D eigenvalue weighted by molar-refractivity contribution is 7.77. The van der Waals surface area contributed by atoms with E-state index in [4.69, 9.17) is 5.73 Å². The average Bonchev–Trinajstić information content (AvgIpc) is 2.45. The van der Waals surface area contributed by atoms with Crippen molar-refractivity contribution in [2.24, 2.45) is 5.73 Å². The van der Waals surface area contributed by atoms with Gasteiger partial charge in [-0.1, -0.05) is 18.2 Å². The predicted octanol–water partition coefficient (Wildman–Crippen LogP) is 1.10. The van der Waals surface area contributed by atoms with Crippen molar-refractivity contribution in [3.05, 3.63) is 30.3 Å². The van der Waals surface area contributed by atoms with Gasteiger partial charge in [-0.3, -0.25) is 0 Å². The zero-order chi connectivity index (χ0) is 13.5. The van der Waals surface area contributed by atoms with E-state index in [1.807, 2.05) is 18.2 Å². The van der Waals surface area contributed by atoms with E-state index in [9.17, 15) is 5.11 Å². The van der Waals surface area contributed by atoms with Crippen molar-refractivity contribution in [2.45, 2.75) is 36.3 Å². The molecule has 0 aromatic heterocycles. The Bertz CT molecular complexity index is 388. The summed E-state index contributed by atoms with van der Waals surface area (Å²) < 4.78 is 0. The van der Waals surface area contributed by atoms with Crippen LogP contribution in [0.1, 0.15) is 19.3 Å². The number of likely N-dealkylation sites (tertiary alicyclic amines) is 1. The molecule has 0 saturated carbocycles. The number of aliphatic hydroxyl groups excluding tert-OH is 1. The first-order chi connectivity index (χ1) is 9.24. The second-order valence-electron chi connectivity index (χ2n) is 5.09. The molecule has 1 heterocycles. The first kappa shape index (κ1) is 14.6. The van der Waals surface area contributed by atoms with Crippen molar-refractivity contribution in [3.8, 4) is 0 Å². The minimum absolute atomic E-state index is 0.0925. The number of rotatable bonds is 5. The summed E-state index contributed by atoms with van der Waals surface area (Å²) in [6.07, 6.45) is 2.69. The molecular formula is C15H23N2OS+. The van der Waals surface area contributed by atoms with E-state index >= 15 is 0 Å². The SMILES string of the molecule is N[C@@H](C=[S+]c1ccccc1)CCN1CCC(O)CC1. The molecule has 1 saturated heterocycles. The zero-order valence-electron chi connectivity index (χ0n) is 11.2. The van der Waals surface area contributed by atoms with Crippen LogP contribution in [0.15, 0.2) is 35.2 Å². The molecule has 0 aliphatic carbocycles. The van der Waals surface area contributed by atoms with Crippen molar-refractivity contribution in [3.63, 3.8) is 0 Å². The van der Waals surface area contributed by atoms with Crippen molar-refractivity contribution in [2.75, 3.05) is 19.6 Å². The summed E-state index contributed by atoms with van der Waals surface area (Å²) in [5.74, 6) is 0. The highest BCUT2D eigenvalue weighted by Crippen LogP contribution is 2.10. The summed E-state index contributed by atoms with van der Waals surface area (Å²) in [6.45, 7) is 3.03. The van der Waals surface area contributed by atoms with Crippen LogP contribution >= 0.6 is 0 Å². The van der Waals surface area contributed by atoms with Gasteiger partial charge in [0.1, 0.15) is 0 Å². The number of benzene rings is 1. The number of hydrogen-bond acceptors (Lipinski definition) is 3. The Hall–Kier alpha value is -0.810. The van der Waals surface area contributed by atoms with Crippen molar-refractivity contribution < 1.29 is 5.11 Å². The molecule has 3 nitrogen and oxygen atoms in total. The van der Waals surface area contributed by atoms with Crippen LogP contribution in [-0.2, 0) is 11.4 Å². The fourth-order valence-electron chi connectivity index (χ4n) is 2.21. The zero-order valence-corrected chi connectivity index (χ0v) is 12.1.